The first kappa shape index (κ1) is 10.7. The van der Waals surface area contributed by atoms with Gasteiger partial charge in [0.25, 0.3) is 0 Å². The fourth-order valence-electron chi connectivity index (χ4n) is 1.23. The van der Waals surface area contributed by atoms with Crippen molar-refractivity contribution in [3.05, 3.63) is 17.7 Å². The van der Waals surface area contributed by atoms with Crippen molar-refractivity contribution in [2.75, 3.05) is 26.7 Å². The first-order valence-electron chi connectivity index (χ1n) is 4.25. The molecule has 0 aliphatic carbocycles. The van der Waals surface area contributed by atoms with Gasteiger partial charge in [-0.1, -0.05) is 0 Å². The predicted molar refractivity (Wildman–Crippen MR) is 54.6 cm³/mol. The minimum atomic E-state index is 0.179. The van der Waals surface area contributed by atoms with Crippen LogP contribution in [0.15, 0.2) is 12.1 Å². The molecule has 4 heteroatoms. The summed E-state index contributed by atoms with van der Waals surface area (Å²) in [6, 6.07) is 3.56. The zero-order valence-corrected chi connectivity index (χ0v) is 8.66. The van der Waals surface area contributed by atoms with E-state index in [1.165, 1.54) is 0 Å². The van der Waals surface area contributed by atoms with Crippen LogP contribution < -0.4 is 15.2 Å². The highest BCUT2D eigenvalue weighted by Crippen LogP contribution is 2.32. The molecular weight excluding hydrogens is 182 g/mol. The van der Waals surface area contributed by atoms with Gasteiger partial charge in [0.2, 0.25) is 0 Å². The average Bonchev–Trinajstić information content (AvgIpc) is 2.18. The largest absolute Gasteiger partial charge is 0.496 e. The summed E-state index contributed by atoms with van der Waals surface area (Å²) in [5.41, 5.74) is 7.21. The van der Waals surface area contributed by atoms with Crippen molar-refractivity contribution in [2.24, 2.45) is 0 Å². The summed E-state index contributed by atoms with van der Waals surface area (Å²) < 4.78 is 15.3. The molecule has 78 valence electrons. The Morgan fingerprint density at radius 2 is 2.00 bits per heavy atom. The molecule has 4 nitrogen and oxygen atoms in total. The van der Waals surface area contributed by atoms with E-state index in [4.69, 9.17) is 19.9 Å². The molecule has 0 unspecified atom stereocenters. The molecule has 0 aliphatic rings. The van der Waals surface area contributed by atoms with E-state index >= 15 is 0 Å². The molecule has 0 bridgehead atoms. The molecule has 0 amide bonds. The van der Waals surface area contributed by atoms with E-state index in [9.17, 15) is 0 Å². The summed E-state index contributed by atoms with van der Waals surface area (Å²) in [5, 5.41) is 0. The molecule has 1 aromatic rings. The zero-order chi connectivity index (χ0) is 10.6. The predicted octanol–water partition coefficient (Wildman–Crippen LogP) is 1.57. The summed E-state index contributed by atoms with van der Waals surface area (Å²) in [4.78, 5) is 0. The van der Waals surface area contributed by atoms with Gasteiger partial charge < -0.3 is 19.9 Å². The Hall–Kier alpha value is -1.42. The number of benzene rings is 1. The Bertz CT molecular complexity index is 312. The maximum absolute atomic E-state index is 5.75. The molecular formula is C10H15NO3. The lowest BCUT2D eigenvalue weighted by atomic mass is 10.2. The van der Waals surface area contributed by atoms with Gasteiger partial charge in [-0.3, -0.25) is 0 Å². The van der Waals surface area contributed by atoms with Crippen LogP contribution in [0.1, 0.15) is 5.56 Å². The van der Waals surface area contributed by atoms with Crippen LogP contribution in [-0.4, -0.2) is 21.0 Å². The quantitative estimate of drug-likeness (QED) is 0.588. The second-order valence-electron chi connectivity index (χ2n) is 2.86. The smallest absolute Gasteiger partial charge is 0.188 e. The van der Waals surface area contributed by atoms with E-state index in [1.54, 1.807) is 20.3 Å². The van der Waals surface area contributed by atoms with Crippen molar-refractivity contribution in [3.63, 3.8) is 0 Å². The normalized spacial score (nSPS) is 9.93. The number of rotatable bonds is 4. The maximum atomic E-state index is 5.75. The van der Waals surface area contributed by atoms with Gasteiger partial charge in [0, 0.05) is 12.7 Å². The molecule has 0 radical (unpaired) electrons. The second-order valence-corrected chi connectivity index (χ2v) is 2.86. The minimum Gasteiger partial charge on any atom is -0.496 e. The number of hydrogen-bond acceptors (Lipinski definition) is 4. The highest BCUT2D eigenvalue weighted by atomic mass is 16.7. The third kappa shape index (κ3) is 2.09. The van der Waals surface area contributed by atoms with Gasteiger partial charge in [0.15, 0.2) is 12.5 Å². The molecule has 1 aromatic carbocycles. The van der Waals surface area contributed by atoms with Crippen molar-refractivity contribution in [3.8, 4) is 11.5 Å². The summed E-state index contributed by atoms with van der Waals surface area (Å²) in [6.07, 6.45) is 0. The number of hydrogen-bond donors (Lipinski definition) is 1. The molecule has 2 N–H and O–H groups in total. The van der Waals surface area contributed by atoms with Crippen molar-refractivity contribution in [1.29, 1.82) is 0 Å². The van der Waals surface area contributed by atoms with Gasteiger partial charge in [0.05, 0.1) is 12.8 Å². The highest BCUT2D eigenvalue weighted by Gasteiger charge is 2.09. The lowest BCUT2D eigenvalue weighted by Crippen LogP contribution is -2.04. The second kappa shape index (κ2) is 4.72. The van der Waals surface area contributed by atoms with Gasteiger partial charge in [-0.05, 0) is 19.1 Å². The Balaban J connectivity index is 2.99. The number of nitrogen functional groups attached to an aromatic ring is 1. The number of ether oxygens (including phenoxy) is 3. The van der Waals surface area contributed by atoms with Gasteiger partial charge >= 0.3 is 0 Å². The number of nitrogens with two attached hydrogens (primary N) is 1. The van der Waals surface area contributed by atoms with Gasteiger partial charge in [-0.2, -0.15) is 0 Å². The minimum absolute atomic E-state index is 0.179. The van der Waals surface area contributed by atoms with E-state index < -0.39 is 0 Å². The molecule has 14 heavy (non-hydrogen) atoms. The molecule has 0 aromatic heterocycles. The maximum Gasteiger partial charge on any atom is 0.188 e. The topological polar surface area (TPSA) is 53.7 Å². The number of methoxy groups -OCH3 is 2. The van der Waals surface area contributed by atoms with Crippen molar-refractivity contribution in [1.82, 2.24) is 0 Å². The Morgan fingerprint density at radius 3 is 2.57 bits per heavy atom. The van der Waals surface area contributed by atoms with E-state index in [0.29, 0.717) is 11.4 Å². The van der Waals surface area contributed by atoms with Crippen LogP contribution in [0.25, 0.3) is 0 Å². The number of anilines is 1. The molecule has 1 rings (SSSR count). The van der Waals surface area contributed by atoms with Gasteiger partial charge in [-0.15, -0.1) is 0 Å². The van der Waals surface area contributed by atoms with Crippen LogP contribution in [-0.2, 0) is 4.74 Å². The monoisotopic (exact) mass is 197 g/mol. The average molecular weight is 197 g/mol. The lowest BCUT2D eigenvalue weighted by Gasteiger charge is -2.13. The molecule has 0 saturated heterocycles. The van der Waals surface area contributed by atoms with Crippen LogP contribution in [0.5, 0.6) is 11.5 Å². The molecule has 0 atom stereocenters. The van der Waals surface area contributed by atoms with E-state index in [-0.39, 0.29) is 6.79 Å². The van der Waals surface area contributed by atoms with Crippen molar-refractivity contribution in [2.45, 2.75) is 6.92 Å². The third-order valence-electron chi connectivity index (χ3n) is 1.93. The van der Waals surface area contributed by atoms with Gasteiger partial charge in [0.1, 0.15) is 5.75 Å². The van der Waals surface area contributed by atoms with Crippen molar-refractivity contribution < 1.29 is 14.2 Å². The van der Waals surface area contributed by atoms with E-state index in [2.05, 4.69) is 0 Å². The zero-order valence-electron chi connectivity index (χ0n) is 8.66. The van der Waals surface area contributed by atoms with Crippen LogP contribution in [0.2, 0.25) is 0 Å². The fraction of sp³-hybridized carbons (Fsp3) is 0.400. The Morgan fingerprint density at radius 1 is 1.29 bits per heavy atom. The summed E-state index contributed by atoms with van der Waals surface area (Å²) in [6.45, 7) is 2.07. The summed E-state index contributed by atoms with van der Waals surface area (Å²) in [7, 11) is 3.17. The summed E-state index contributed by atoms with van der Waals surface area (Å²) >= 11 is 0. The fourth-order valence-corrected chi connectivity index (χ4v) is 1.23. The van der Waals surface area contributed by atoms with Crippen LogP contribution in [0, 0.1) is 6.92 Å². The SMILES string of the molecule is COCOc1c(N)ccc(OC)c1C. The molecule has 0 saturated carbocycles. The molecule has 0 spiro atoms. The molecule has 0 aliphatic heterocycles. The van der Waals surface area contributed by atoms with E-state index in [1.807, 2.05) is 13.0 Å². The van der Waals surface area contributed by atoms with Crippen LogP contribution in [0.4, 0.5) is 5.69 Å². The molecule has 0 fully saturated rings. The van der Waals surface area contributed by atoms with Crippen LogP contribution >= 0.6 is 0 Å². The van der Waals surface area contributed by atoms with Gasteiger partial charge in [-0.25, -0.2) is 0 Å². The standard InChI is InChI=1S/C10H15NO3/c1-7-9(13-3)5-4-8(11)10(7)14-6-12-2/h4-5H,6,11H2,1-3H3. The van der Waals surface area contributed by atoms with E-state index in [0.717, 1.165) is 11.3 Å². The van der Waals surface area contributed by atoms with Crippen LogP contribution in [0.3, 0.4) is 0 Å². The highest BCUT2D eigenvalue weighted by molar-refractivity contribution is 5.61. The first-order valence-corrected chi connectivity index (χ1v) is 4.25. The summed E-state index contributed by atoms with van der Waals surface area (Å²) in [5.74, 6) is 1.37. The lowest BCUT2D eigenvalue weighted by molar-refractivity contribution is 0.0510. The first-order chi connectivity index (χ1) is 6.70. The van der Waals surface area contributed by atoms with Crippen molar-refractivity contribution >= 4 is 5.69 Å². The third-order valence-corrected chi connectivity index (χ3v) is 1.93. The Labute approximate surface area is 83.6 Å². The molecule has 0 heterocycles. The Kier molecular flexibility index (Phi) is 3.59.